The molecule has 2 aliphatic heterocycles. The summed E-state index contributed by atoms with van der Waals surface area (Å²) in [5, 5.41) is 4.32. The first-order valence-electron chi connectivity index (χ1n) is 9.11. The Morgan fingerprint density at radius 1 is 1.15 bits per heavy atom. The number of hydrogen-bond donors (Lipinski definition) is 0. The van der Waals surface area contributed by atoms with Crippen LogP contribution in [0.25, 0.3) is 0 Å². The van der Waals surface area contributed by atoms with E-state index < -0.39 is 0 Å². The molecule has 0 saturated carbocycles. The highest BCUT2D eigenvalue weighted by Crippen LogP contribution is 2.44. The molecule has 0 unspecified atom stereocenters. The molecule has 138 valence electrons. The van der Waals surface area contributed by atoms with Gasteiger partial charge in [-0.05, 0) is 37.6 Å². The Kier molecular flexibility index (Phi) is 4.23. The van der Waals surface area contributed by atoms with Gasteiger partial charge in [0, 0.05) is 44.8 Å². The Morgan fingerprint density at radius 3 is 2.50 bits per heavy atom. The molecule has 1 amide bonds. The van der Waals surface area contributed by atoms with E-state index in [2.05, 4.69) is 29.2 Å². The highest BCUT2D eigenvalue weighted by molar-refractivity contribution is 5.95. The number of rotatable bonds is 3. The summed E-state index contributed by atoms with van der Waals surface area (Å²) in [4.78, 5) is 17.4. The predicted molar refractivity (Wildman–Crippen MR) is 99.2 cm³/mol. The van der Waals surface area contributed by atoms with E-state index in [-0.39, 0.29) is 5.91 Å². The van der Waals surface area contributed by atoms with Crippen molar-refractivity contribution >= 4 is 5.91 Å². The second-order valence-corrected chi connectivity index (χ2v) is 7.59. The van der Waals surface area contributed by atoms with Crippen molar-refractivity contribution in [3.05, 3.63) is 47.3 Å². The molecule has 2 aliphatic rings. The van der Waals surface area contributed by atoms with E-state index in [9.17, 15) is 4.79 Å². The Morgan fingerprint density at radius 2 is 1.88 bits per heavy atom. The van der Waals surface area contributed by atoms with E-state index in [1.54, 1.807) is 11.8 Å². The predicted octanol–water partition coefficient (Wildman–Crippen LogP) is 2.11. The minimum Gasteiger partial charge on any atom is -0.497 e. The van der Waals surface area contributed by atoms with E-state index in [4.69, 9.17) is 4.74 Å². The summed E-state index contributed by atoms with van der Waals surface area (Å²) in [5.41, 5.74) is 2.83. The molecule has 1 aromatic heterocycles. The molecule has 3 heterocycles. The number of carbonyl (C=O) groups excluding carboxylic acids is 1. The molecule has 6 heteroatoms. The number of ether oxygens (including phenoxy) is 1. The van der Waals surface area contributed by atoms with Gasteiger partial charge in [0.25, 0.3) is 5.91 Å². The van der Waals surface area contributed by atoms with Gasteiger partial charge < -0.3 is 9.64 Å². The molecule has 2 saturated heterocycles. The van der Waals surface area contributed by atoms with Crippen LogP contribution in [-0.4, -0.2) is 59.3 Å². The molecule has 1 aromatic carbocycles. The maximum atomic E-state index is 13.0. The Labute approximate surface area is 154 Å². The zero-order valence-electron chi connectivity index (χ0n) is 15.8. The van der Waals surface area contributed by atoms with Gasteiger partial charge in [-0.2, -0.15) is 5.10 Å². The molecule has 26 heavy (non-hydrogen) atoms. The smallest absolute Gasteiger partial charge is 0.257 e. The van der Waals surface area contributed by atoms with Gasteiger partial charge >= 0.3 is 0 Å². The minimum absolute atomic E-state index is 0.112. The van der Waals surface area contributed by atoms with Gasteiger partial charge in [0.15, 0.2) is 0 Å². The van der Waals surface area contributed by atoms with E-state index in [1.807, 2.05) is 37.2 Å². The molecule has 0 N–H and O–H groups in total. The van der Waals surface area contributed by atoms with Crippen molar-refractivity contribution in [3.63, 3.8) is 0 Å². The van der Waals surface area contributed by atoms with Crippen molar-refractivity contribution in [1.82, 2.24) is 19.6 Å². The monoisotopic (exact) mass is 354 g/mol. The maximum Gasteiger partial charge on any atom is 0.257 e. The Hall–Kier alpha value is -2.34. The molecular formula is C20H26N4O2. The van der Waals surface area contributed by atoms with E-state index in [1.165, 1.54) is 5.56 Å². The standard InChI is InChI=1S/C20H26N4O2/c1-13-17(11-23(3)21-13)20(25)24-10-15-9-22(2)19(18(15)12-24)14-5-7-16(26-4)8-6-14/h5-8,11,15,18-19H,9-10,12H2,1-4H3/t15-,18+,19+/m0/s1. The van der Waals surface area contributed by atoms with E-state index >= 15 is 0 Å². The molecule has 2 fully saturated rings. The molecule has 3 atom stereocenters. The molecular weight excluding hydrogens is 328 g/mol. The third-order valence-corrected chi connectivity index (χ3v) is 5.88. The highest BCUT2D eigenvalue weighted by atomic mass is 16.5. The number of aromatic nitrogens is 2. The molecule has 0 aliphatic carbocycles. The Bertz CT molecular complexity index is 814. The minimum atomic E-state index is 0.112. The van der Waals surface area contributed by atoms with Crippen LogP contribution in [0.15, 0.2) is 30.5 Å². The maximum absolute atomic E-state index is 13.0. The number of hydrogen-bond acceptors (Lipinski definition) is 4. The summed E-state index contributed by atoms with van der Waals surface area (Å²) < 4.78 is 7.00. The largest absolute Gasteiger partial charge is 0.497 e. The van der Waals surface area contributed by atoms with Crippen molar-refractivity contribution in [2.24, 2.45) is 18.9 Å². The van der Waals surface area contributed by atoms with Crippen LogP contribution in [0, 0.1) is 18.8 Å². The van der Waals surface area contributed by atoms with E-state index in [0.29, 0.717) is 17.9 Å². The van der Waals surface area contributed by atoms with Gasteiger partial charge in [-0.25, -0.2) is 0 Å². The fourth-order valence-electron chi connectivity index (χ4n) is 4.71. The number of benzene rings is 1. The number of amides is 1. The van der Waals surface area contributed by atoms with Crippen LogP contribution in [0.3, 0.4) is 0 Å². The lowest BCUT2D eigenvalue weighted by Crippen LogP contribution is -2.33. The van der Waals surface area contributed by atoms with E-state index in [0.717, 1.165) is 36.6 Å². The average molecular weight is 354 g/mol. The molecule has 0 radical (unpaired) electrons. The first-order valence-corrected chi connectivity index (χ1v) is 9.11. The van der Waals surface area contributed by atoms with Crippen molar-refractivity contribution in [3.8, 4) is 5.75 Å². The molecule has 0 spiro atoms. The second kappa shape index (κ2) is 6.43. The summed E-state index contributed by atoms with van der Waals surface area (Å²) in [6.07, 6.45) is 1.83. The van der Waals surface area contributed by atoms with Gasteiger partial charge in [0.1, 0.15) is 5.75 Å². The summed E-state index contributed by atoms with van der Waals surface area (Å²) in [5.74, 6) is 1.98. The zero-order valence-corrected chi connectivity index (χ0v) is 15.8. The number of likely N-dealkylation sites (tertiary alicyclic amines) is 2. The van der Waals surface area contributed by atoms with Crippen LogP contribution in [-0.2, 0) is 7.05 Å². The van der Waals surface area contributed by atoms with Crippen LogP contribution in [0.4, 0.5) is 0 Å². The fourth-order valence-corrected chi connectivity index (χ4v) is 4.71. The molecule has 6 nitrogen and oxygen atoms in total. The lowest BCUT2D eigenvalue weighted by atomic mass is 9.89. The van der Waals surface area contributed by atoms with Crippen LogP contribution in [0.5, 0.6) is 5.75 Å². The first-order chi connectivity index (χ1) is 12.5. The van der Waals surface area contributed by atoms with Gasteiger partial charge in [0.05, 0.1) is 18.4 Å². The Balaban J connectivity index is 1.54. The SMILES string of the molecule is COc1ccc([C@@H]2[C@@H]3CN(C(=O)c4cn(C)nc4C)C[C@@H]3CN2C)cc1. The number of nitrogens with zero attached hydrogens (tertiary/aromatic N) is 4. The van der Waals surface area contributed by atoms with Crippen LogP contribution in [0.2, 0.25) is 0 Å². The highest BCUT2D eigenvalue weighted by Gasteiger charge is 2.47. The van der Waals surface area contributed by atoms with Gasteiger partial charge in [0.2, 0.25) is 0 Å². The van der Waals surface area contributed by atoms with Crippen molar-refractivity contribution in [2.75, 3.05) is 33.8 Å². The number of aryl methyl sites for hydroxylation is 2. The van der Waals surface area contributed by atoms with Crippen LogP contribution >= 0.6 is 0 Å². The quantitative estimate of drug-likeness (QED) is 0.847. The van der Waals surface area contributed by atoms with Gasteiger partial charge in [-0.3, -0.25) is 14.4 Å². The normalized spacial score (nSPS) is 25.5. The lowest BCUT2D eigenvalue weighted by molar-refractivity contribution is 0.0767. The van der Waals surface area contributed by atoms with Crippen molar-refractivity contribution < 1.29 is 9.53 Å². The van der Waals surface area contributed by atoms with Crippen LogP contribution < -0.4 is 4.74 Å². The van der Waals surface area contributed by atoms with Gasteiger partial charge in [-0.15, -0.1) is 0 Å². The summed E-state index contributed by atoms with van der Waals surface area (Å²) in [7, 11) is 5.73. The molecule has 2 aromatic rings. The van der Waals surface area contributed by atoms with Crippen molar-refractivity contribution in [1.29, 1.82) is 0 Å². The topological polar surface area (TPSA) is 50.6 Å². The van der Waals surface area contributed by atoms with Crippen LogP contribution in [0.1, 0.15) is 27.7 Å². The third kappa shape index (κ3) is 2.78. The lowest BCUT2D eigenvalue weighted by Gasteiger charge is -2.27. The number of methoxy groups -OCH3 is 1. The number of carbonyl (C=O) groups is 1. The zero-order chi connectivity index (χ0) is 18.4. The third-order valence-electron chi connectivity index (χ3n) is 5.88. The van der Waals surface area contributed by atoms with Crippen molar-refractivity contribution in [2.45, 2.75) is 13.0 Å². The summed E-state index contributed by atoms with van der Waals surface area (Å²) >= 11 is 0. The number of fused-ring (bicyclic) bond motifs is 1. The molecule has 0 bridgehead atoms. The first kappa shape index (κ1) is 17.1. The fraction of sp³-hybridized carbons (Fsp3) is 0.500. The second-order valence-electron chi connectivity index (χ2n) is 7.59. The average Bonchev–Trinajstić information content (AvgIpc) is 3.26. The molecule has 4 rings (SSSR count). The summed E-state index contributed by atoms with van der Waals surface area (Å²) in [6, 6.07) is 8.69. The van der Waals surface area contributed by atoms with Gasteiger partial charge in [-0.1, -0.05) is 12.1 Å². The summed E-state index contributed by atoms with van der Waals surface area (Å²) in [6.45, 7) is 4.56.